The van der Waals surface area contributed by atoms with Gasteiger partial charge in [0.05, 0.1) is 25.6 Å². The van der Waals surface area contributed by atoms with Gasteiger partial charge in [0.1, 0.15) is 5.69 Å². The van der Waals surface area contributed by atoms with Crippen molar-refractivity contribution in [3.05, 3.63) is 63.9 Å². The van der Waals surface area contributed by atoms with Crippen LogP contribution in [0.5, 0.6) is 0 Å². The summed E-state index contributed by atoms with van der Waals surface area (Å²) in [4.78, 5) is 9.22. The first-order chi connectivity index (χ1) is 16.2. The van der Waals surface area contributed by atoms with Crippen LogP contribution in [0, 0.1) is 3.57 Å². The third kappa shape index (κ3) is 4.70. The molecule has 4 rings (SSSR count). The lowest BCUT2D eigenvalue weighted by molar-refractivity contribution is 0.433. The molecule has 0 aliphatic rings. The van der Waals surface area contributed by atoms with Crippen molar-refractivity contribution in [2.75, 3.05) is 12.8 Å². The minimum atomic E-state index is -3.35. The van der Waals surface area contributed by atoms with E-state index in [0.717, 1.165) is 15.7 Å². The zero-order valence-corrected chi connectivity index (χ0v) is 21.9. The van der Waals surface area contributed by atoms with E-state index in [0.29, 0.717) is 28.4 Å². The highest BCUT2D eigenvalue weighted by atomic mass is 127. The topological polar surface area (TPSA) is 124 Å². The highest BCUT2D eigenvalue weighted by Gasteiger charge is 2.22. The van der Waals surface area contributed by atoms with E-state index >= 15 is 0 Å². The molecule has 0 aliphatic heterocycles. The molecule has 0 bridgehead atoms. The van der Waals surface area contributed by atoms with Crippen LogP contribution in [0.25, 0.3) is 34.0 Å². The summed E-state index contributed by atoms with van der Waals surface area (Å²) >= 11 is 2.17. The monoisotopic (exact) mass is 589 g/mol. The summed E-state index contributed by atoms with van der Waals surface area (Å²) in [5, 5.41) is 6.88. The minimum Gasteiger partial charge on any atom is -0.382 e. The SMILES string of the molecule is CNCc1ccc(-c2noc(-c3nc(-c4ccc(S(=O)(=O)C(C)C)cc4)cnc3N)c2I)cc1. The molecule has 2 heterocycles. The third-order valence-electron chi connectivity index (χ3n) is 5.36. The number of sulfone groups is 1. The Labute approximate surface area is 212 Å². The van der Waals surface area contributed by atoms with Crippen LogP contribution in [-0.2, 0) is 16.4 Å². The van der Waals surface area contributed by atoms with Crippen molar-refractivity contribution in [2.24, 2.45) is 0 Å². The summed E-state index contributed by atoms with van der Waals surface area (Å²) in [6, 6.07) is 14.6. The number of nitrogens with one attached hydrogen (secondary N) is 1. The molecule has 0 atom stereocenters. The van der Waals surface area contributed by atoms with Crippen molar-refractivity contribution in [1.29, 1.82) is 0 Å². The number of halogens is 1. The second-order valence-corrected chi connectivity index (χ2v) is 11.6. The van der Waals surface area contributed by atoms with Gasteiger partial charge in [-0.15, -0.1) is 0 Å². The van der Waals surface area contributed by atoms with Crippen molar-refractivity contribution in [1.82, 2.24) is 20.4 Å². The van der Waals surface area contributed by atoms with Crippen LogP contribution in [0.1, 0.15) is 19.4 Å². The van der Waals surface area contributed by atoms with Gasteiger partial charge in [-0.05, 0) is 61.2 Å². The first kappa shape index (κ1) is 24.3. The first-order valence-electron chi connectivity index (χ1n) is 10.6. The maximum absolute atomic E-state index is 12.4. The Balaban J connectivity index is 1.68. The molecular weight excluding hydrogens is 565 g/mol. The first-order valence-corrected chi connectivity index (χ1v) is 13.2. The third-order valence-corrected chi connectivity index (χ3v) is 8.53. The van der Waals surface area contributed by atoms with Gasteiger partial charge in [0, 0.05) is 17.7 Å². The van der Waals surface area contributed by atoms with Gasteiger partial charge < -0.3 is 15.6 Å². The molecule has 0 saturated carbocycles. The summed E-state index contributed by atoms with van der Waals surface area (Å²) in [6.45, 7) is 4.10. The van der Waals surface area contributed by atoms with Gasteiger partial charge in [0.15, 0.2) is 21.3 Å². The lowest BCUT2D eigenvalue weighted by Crippen LogP contribution is -2.13. The second kappa shape index (κ2) is 9.80. The second-order valence-electron chi connectivity index (χ2n) is 8.01. The van der Waals surface area contributed by atoms with Gasteiger partial charge in [-0.3, -0.25) is 0 Å². The Bertz CT molecular complexity index is 1420. The van der Waals surface area contributed by atoms with Crippen LogP contribution in [0.4, 0.5) is 5.82 Å². The van der Waals surface area contributed by atoms with E-state index in [9.17, 15) is 8.42 Å². The van der Waals surface area contributed by atoms with E-state index in [1.54, 1.807) is 44.3 Å². The van der Waals surface area contributed by atoms with Crippen LogP contribution in [0.2, 0.25) is 0 Å². The summed E-state index contributed by atoms with van der Waals surface area (Å²) in [7, 11) is -1.45. The van der Waals surface area contributed by atoms with Crippen molar-refractivity contribution in [2.45, 2.75) is 30.5 Å². The van der Waals surface area contributed by atoms with Gasteiger partial charge in [0.25, 0.3) is 0 Å². The standard InChI is InChI=1S/C24H24IN5O3S/c1-14(2)34(31,32)18-10-8-16(9-11-18)19-13-28-24(26)22(29-19)23-20(25)21(30-33-23)17-6-4-15(5-7-17)12-27-3/h4-11,13-14,27H,12H2,1-3H3,(H2,26,28). The van der Waals surface area contributed by atoms with Crippen LogP contribution in [0.3, 0.4) is 0 Å². The quantitative estimate of drug-likeness (QED) is 0.301. The van der Waals surface area contributed by atoms with Crippen molar-refractivity contribution in [3.8, 4) is 34.0 Å². The molecular formula is C24H24IN5O3S. The van der Waals surface area contributed by atoms with Crippen LogP contribution in [0.15, 0.2) is 64.1 Å². The zero-order valence-electron chi connectivity index (χ0n) is 18.9. The molecule has 0 unspecified atom stereocenters. The zero-order chi connectivity index (χ0) is 24.5. The summed E-state index contributed by atoms with van der Waals surface area (Å²) < 4.78 is 31.2. The number of aromatic nitrogens is 3. The molecule has 2 aromatic heterocycles. The molecule has 0 radical (unpaired) electrons. The average Bonchev–Trinajstić information content (AvgIpc) is 3.21. The molecule has 34 heavy (non-hydrogen) atoms. The Hall–Kier alpha value is -2.83. The van der Waals surface area contributed by atoms with E-state index in [1.807, 2.05) is 31.3 Å². The van der Waals surface area contributed by atoms with Crippen LogP contribution in [-0.4, -0.2) is 35.8 Å². The molecule has 0 amide bonds. The number of hydrogen-bond donors (Lipinski definition) is 2. The number of hydrogen-bond acceptors (Lipinski definition) is 8. The summed E-state index contributed by atoms with van der Waals surface area (Å²) in [5.41, 5.74) is 10.6. The molecule has 176 valence electrons. The van der Waals surface area contributed by atoms with Crippen molar-refractivity contribution < 1.29 is 12.9 Å². The van der Waals surface area contributed by atoms with E-state index < -0.39 is 15.1 Å². The van der Waals surface area contributed by atoms with Gasteiger partial charge in [-0.1, -0.05) is 41.6 Å². The summed E-state index contributed by atoms with van der Waals surface area (Å²) in [5.74, 6) is 0.647. The highest BCUT2D eigenvalue weighted by molar-refractivity contribution is 14.1. The number of nitrogens with two attached hydrogens (primary N) is 1. The number of nitrogens with zero attached hydrogens (tertiary/aromatic N) is 3. The Morgan fingerprint density at radius 1 is 1.03 bits per heavy atom. The Kier molecular flexibility index (Phi) is 7.01. The molecule has 0 saturated heterocycles. The molecule has 10 heteroatoms. The molecule has 0 aliphatic carbocycles. The smallest absolute Gasteiger partial charge is 0.202 e. The fourth-order valence-electron chi connectivity index (χ4n) is 3.38. The predicted molar refractivity (Wildman–Crippen MR) is 141 cm³/mol. The Morgan fingerprint density at radius 3 is 2.29 bits per heavy atom. The maximum Gasteiger partial charge on any atom is 0.202 e. The number of nitrogen functional groups attached to an aromatic ring is 1. The van der Waals surface area contributed by atoms with Gasteiger partial charge in [0.2, 0.25) is 5.76 Å². The lowest BCUT2D eigenvalue weighted by Gasteiger charge is -2.09. The number of anilines is 1. The van der Waals surface area contributed by atoms with E-state index in [4.69, 9.17) is 10.3 Å². The number of benzene rings is 2. The fourth-order valence-corrected chi connectivity index (χ4v) is 5.21. The van der Waals surface area contributed by atoms with Crippen molar-refractivity contribution >= 4 is 38.2 Å². The normalized spacial score (nSPS) is 11.8. The van der Waals surface area contributed by atoms with E-state index in [1.165, 1.54) is 5.56 Å². The fraction of sp³-hybridized carbons (Fsp3) is 0.208. The maximum atomic E-state index is 12.4. The van der Waals surface area contributed by atoms with Crippen molar-refractivity contribution in [3.63, 3.8) is 0 Å². The number of rotatable bonds is 7. The highest BCUT2D eigenvalue weighted by Crippen LogP contribution is 2.35. The lowest BCUT2D eigenvalue weighted by atomic mass is 10.1. The minimum absolute atomic E-state index is 0.215. The van der Waals surface area contributed by atoms with Crippen LogP contribution < -0.4 is 11.1 Å². The van der Waals surface area contributed by atoms with E-state index in [2.05, 4.69) is 43.0 Å². The molecule has 8 nitrogen and oxygen atoms in total. The van der Waals surface area contributed by atoms with Crippen LogP contribution >= 0.6 is 22.6 Å². The van der Waals surface area contributed by atoms with Gasteiger partial charge in [-0.25, -0.2) is 18.4 Å². The molecule has 0 spiro atoms. The predicted octanol–water partition coefficient (Wildman–Crippen LogP) is 4.55. The van der Waals surface area contributed by atoms with E-state index in [-0.39, 0.29) is 10.7 Å². The van der Waals surface area contributed by atoms with Gasteiger partial charge >= 0.3 is 0 Å². The molecule has 4 aromatic rings. The summed E-state index contributed by atoms with van der Waals surface area (Å²) in [6.07, 6.45) is 1.55. The average molecular weight is 589 g/mol. The van der Waals surface area contributed by atoms with Gasteiger partial charge in [-0.2, -0.15) is 0 Å². The largest absolute Gasteiger partial charge is 0.382 e. The Morgan fingerprint density at radius 2 is 1.68 bits per heavy atom. The molecule has 2 aromatic carbocycles. The molecule has 0 fully saturated rings. The molecule has 3 N–H and O–H groups in total.